The Hall–Kier alpha value is -2.08. The second kappa shape index (κ2) is 7.04. The molecule has 1 aromatic heterocycles. The number of aromatic nitrogens is 2. The minimum absolute atomic E-state index is 0.0477. The van der Waals surface area contributed by atoms with Crippen molar-refractivity contribution in [2.24, 2.45) is 11.8 Å². The van der Waals surface area contributed by atoms with Crippen LogP contribution in [0.15, 0.2) is 18.2 Å². The first kappa shape index (κ1) is 17.7. The number of benzene rings is 1. The van der Waals surface area contributed by atoms with E-state index in [1.165, 1.54) is 0 Å². The molecule has 3 rings (SSSR count). The first-order chi connectivity index (χ1) is 11.8. The molecule has 1 aliphatic rings. The monoisotopic (exact) mass is 362 g/mol. The number of carbonyl (C=O) groups is 2. The molecule has 3 atom stereocenters. The standard InChI is InChI=1S/C18H23ClN4O2/c1-10-8-11(18(25)23(2)3)4-6-13(10)22-17(24)16-20-14-7-5-12(19)9-15(14)21-16/h5,7,9-11,13H,4,6,8H2,1-3H3,(H,20,21)(H,22,24)/t10-,11+,13+/m1/s1. The third-order valence-electron chi connectivity index (χ3n) is 4.93. The summed E-state index contributed by atoms with van der Waals surface area (Å²) in [5, 5.41) is 3.66. The second-order valence-corrected chi connectivity index (χ2v) is 7.48. The summed E-state index contributed by atoms with van der Waals surface area (Å²) in [5.41, 5.74) is 1.45. The molecule has 2 N–H and O–H groups in total. The van der Waals surface area contributed by atoms with Crippen LogP contribution >= 0.6 is 11.6 Å². The summed E-state index contributed by atoms with van der Waals surface area (Å²) in [6.45, 7) is 2.08. The summed E-state index contributed by atoms with van der Waals surface area (Å²) in [6.07, 6.45) is 2.38. The van der Waals surface area contributed by atoms with Gasteiger partial charge in [0.2, 0.25) is 5.91 Å². The van der Waals surface area contributed by atoms with Gasteiger partial charge in [0.25, 0.3) is 5.91 Å². The van der Waals surface area contributed by atoms with E-state index in [4.69, 9.17) is 11.6 Å². The van der Waals surface area contributed by atoms with Crippen LogP contribution < -0.4 is 5.32 Å². The molecule has 0 radical (unpaired) electrons. The zero-order chi connectivity index (χ0) is 18.1. The third-order valence-corrected chi connectivity index (χ3v) is 5.17. The molecular formula is C18H23ClN4O2. The number of carbonyl (C=O) groups excluding carboxylic acids is 2. The van der Waals surface area contributed by atoms with Crippen molar-refractivity contribution < 1.29 is 9.59 Å². The molecule has 7 heteroatoms. The van der Waals surface area contributed by atoms with Crippen LogP contribution in [0.25, 0.3) is 11.0 Å². The molecule has 0 saturated heterocycles. The van der Waals surface area contributed by atoms with Crippen molar-refractivity contribution in [3.8, 4) is 0 Å². The van der Waals surface area contributed by atoms with Crippen LogP contribution in [-0.2, 0) is 4.79 Å². The minimum atomic E-state index is -0.221. The van der Waals surface area contributed by atoms with E-state index in [1.54, 1.807) is 37.2 Å². The van der Waals surface area contributed by atoms with Gasteiger partial charge in [-0.15, -0.1) is 0 Å². The van der Waals surface area contributed by atoms with Crippen LogP contribution in [0.4, 0.5) is 0 Å². The minimum Gasteiger partial charge on any atom is -0.349 e. The molecule has 1 heterocycles. The molecule has 0 bridgehead atoms. The Kier molecular flexibility index (Phi) is 4.99. The molecular weight excluding hydrogens is 340 g/mol. The summed E-state index contributed by atoms with van der Waals surface area (Å²) in [6, 6.07) is 5.33. The number of nitrogens with zero attached hydrogens (tertiary/aromatic N) is 2. The fourth-order valence-corrected chi connectivity index (χ4v) is 3.70. The van der Waals surface area contributed by atoms with Crippen LogP contribution in [-0.4, -0.2) is 46.8 Å². The maximum absolute atomic E-state index is 12.5. The molecule has 0 unspecified atom stereocenters. The quantitative estimate of drug-likeness (QED) is 0.881. The van der Waals surface area contributed by atoms with Gasteiger partial charge < -0.3 is 15.2 Å². The molecule has 1 aromatic carbocycles. The number of H-pyrrole nitrogens is 1. The number of halogens is 1. The lowest BCUT2D eigenvalue weighted by atomic mass is 9.78. The van der Waals surface area contributed by atoms with Gasteiger partial charge in [-0.25, -0.2) is 4.98 Å². The number of hydrogen-bond acceptors (Lipinski definition) is 3. The van der Waals surface area contributed by atoms with Gasteiger partial charge in [-0.2, -0.15) is 0 Å². The lowest BCUT2D eigenvalue weighted by Crippen LogP contribution is -2.45. The fraction of sp³-hybridized carbons (Fsp3) is 0.500. The maximum atomic E-state index is 12.5. The van der Waals surface area contributed by atoms with E-state index in [-0.39, 0.29) is 35.5 Å². The van der Waals surface area contributed by atoms with E-state index in [9.17, 15) is 9.59 Å². The Labute approximate surface area is 151 Å². The van der Waals surface area contributed by atoms with Gasteiger partial charge in [-0.1, -0.05) is 18.5 Å². The van der Waals surface area contributed by atoms with Crippen molar-refractivity contribution in [2.75, 3.05) is 14.1 Å². The average Bonchev–Trinajstić information content (AvgIpc) is 2.99. The van der Waals surface area contributed by atoms with Crippen LogP contribution in [0.5, 0.6) is 0 Å². The zero-order valence-corrected chi connectivity index (χ0v) is 15.4. The highest BCUT2D eigenvalue weighted by molar-refractivity contribution is 6.31. The number of aromatic amines is 1. The number of rotatable bonds is 3. The normalized spacial score (nSPS) is 23.4. The molecule has 134 valence electrons. The highest BCUT2D eigenvalue weighted by Crippen LogP contribution is 2.30. The van der Waals surface area contributed by atoms with Gasteiger partial charge in [0.15, 0.2) is 5.82 Å². The predicted octanol–water partition coefficient (Wildman–Crippen LogP) is 2.84. The van der Waals surface area contributed by atoms with Gasteiger partial charge in [-0.3, -0.25) is 9.59 Å². The molecule has 1 aliphatic carbocycles. The fourth-order valence-electron chi connectivity index (χ4n) is 3.53. The zero-order valence-electron chi connectivity index (χ0n) is 14.7. The molecule has 2 amide bonds. The molecule has 0 aliphatic heterocycles. The van der Waals surface area contributed by atoms with Crippen molar-refractivity contribution in [1.29, 1.82) is 0 Å². The Balaban J connectivity index is 1.65. The van der Waals surface area contributed by atoms with Crippen LogP contribution in [0.2, 0.25) is 5.02 Å². The summed E-state index contributed by atoms with van der Waals surface area (Å²) in [4.78, 5) is 33.6. The molecule has 2 aromatic rings. The number of fused-ring (bicyclic) bond motifs is 1. The maximum Gasteiger partial charge on any atom is 0.287 e. The number of imidazole rings is 1. The van der Waals surface area contributed by atoms with Gasteiger partial charge in [0, 0.05) is 31.1 Å². The van der Waals surface area contributed by atoms with Gasteiger partial charge in [-0.05, 0) is 43.4 Å². The van der Waals surface area contributed by atoms with E-state index in [0.29, 0.717) is 10.5 Å². The van der Waals surface area contributed by atoms with Crippen molar-refractivity contribution in [3.05, 3.63) is 29.0 Å². The highest BCUT2D eigenvalue weighted by Gasteiger charge is 2.33. The van der Waals surface area contributed by atoms with E-state index in [0.717, 1.165) is 24.8 Å². The average molecular weight is 363 g/mol. The second-order valence-electron chi connectivity index (χ2n) is 7.05. The molecule has 25 heavy (non-hydrogen) atoms. The number of hydrogen-bond donors (Lipinski definition) is 2. The Morgan fingerprint density at radius 2 is 2.08 bits per heavy atom. The Bertz CT molecular complexity index is 801. The molecule has 1 fully saturated rings. The molecule has 0 spiro atoms. The summed E-state index contributed by atoms with van der Waals surface area (Å²) in [7, 11) is 3.57. The number of amides is 2. The smallest absolute Gasteiger partial charge is 0.287 e. The third kappa shape index (κ3) is 3.79. The first-order valence-corrected chi connectivity index (χ1v) is 8.90. The van der Waals surface area contributed by atoms with Crippen molar-refractivity contribution in [1.82, 2.24) is 20.2 Å². The summed E-state index contributed by atoms with van der Waals surface area (Å²) >= 11 is 5.96. The Morgan fingerprint density at radius 1 is 1.32 bits per heavy atom. The van der Waals surface area contributed by atoms with E-state index in [2.05, 4.69) is 22.2 Å². The van der Waals surface area contributed by atoms with Gasteiger partial charge >= 0.3 is 0 Å². The first-order valence-electron chi connectivity index (χ1n) is 8.52. The Morgan fingerprint density at radius 3 is 2.76 bits per heavy atom. The van der Waals surface area contributed by atoms with E-state index < -0.39 is 0 Å². The topological polar surface area (TPSA) is 78.1 Å². The lowest BCUT2D eigenvalue weighted by molar-refractivity contribution is -0.134. The summed E-state index contributed by atoms with van der Waals surface area (Å²) in [5.74, 6) is 0.528. The molecule has 6 nitrogen and oxygen atoms in total. The van der Waals surface area contributed by atoms with E-state index in [1.807, 2.05) is 0 Å². The largest absolute Gasteiger partial charge is 0.349 e. The number of nitrogens with one attached hydrogen (secondary N) is 2. The van der Waals surface area contributed by atoms with Crippen LogP contribution in [0.3, 0.4) is 0 Å². The van der Waals surface area contributed by atoms with Crippen molar-refractivity contribution in [2.45, 2.75) is 32.2 Å². The van der Waals surface area contributed by atoms with Crippen LogP contribution in [0, 0.1) is 11.8 Å². The van der Waals surface area contributed by atoms with Crippen molar-refractivity contribution in [3.63, 3.8) is 0 Å². The van der Waals surface area contributed by atoms with Crippen LogP contribution in [0.1, 0.15) is 36.8 Å². The van der Waals surface area contributed by atoms with Crippen molar-refractivity contribution >= 4 is 34.4 Å². The lowest BCUT2D eigenvalue weighted by Gasteiger charge is -2.34. The van der Waals surface area contributed by atoms with Gasteiger partial charge in [0.1, 0.15) is 0 Å². The predicted molar refractivity (Wildman–Crippen MR) is 97.6 cm³/mol. The summed E-state index contributed by atoms with van der Waals surface area (Å²) < 4.78 is 0. The van der Waals surface area contributed by atoms with Gasteiger partial charge in [0.05, 0.1) is 11.0 Å². The SMILES string of the molecule is C[C@@H]1C[C@@H](C(=O)N(C)C)CC[C@@H]1NC(=O)c1nc2ccc(Cl)cc2[nH]1. The highest BCUT2D eigenvalue weighted by atomic mass is 35.5. The van der Waals surface area contributed by atoms with E-state index >= 15 is 0 Å². The molecule has 1 saturated carbocycles.